The van der Waals surface area contributed by atoms with Gasteiger partial charge in [-0.05, 0) is 48.5 Å². The molecule has 0 aromatic heterocycles. The van der Waals surface area contributed by atoms with Gasteiger partial charge in [0, 0.05) is 18.4 Å². The second-order valence-corrected chi connectivity index (χ2v) is 7.96. The lowest BCUT2D eigenvalue weighted by Crippen LogP contribution is -3.16. The van der Waals surface area contributed by atoms with E-state index >= 15 is 0 Å². The van der Waals surface area contributed by atoms with E-state index in [1.807, 2.05) is 0 Å². The van der Waals surface area contributed by atoms with E-state index in [1.165, 1.54) is 48.5 Å². The zero-order chi connectivity index (χ0) is 20.3. The third kappa shape index (κ3) is 2.64. The van der Waals surface area contributed by atoms with E-state index in [0.29, 0.717) is 11.3 Å². The second-order valence-electron chi connectivity index (χ2n) is 7.96. The van der Waals surface area contributed by atoms with Crippen molar-refractivity contribution in [2.45, 2.75) is 24.9 Å². The Morgan fingerprint density at radius 1 is 0.897 bits per heavy atom. The summed E-state index contributed by atoms with van der Waals surface area (Å²) < 4.78 is 26.6. The van der Waals surface area contributed by atoms with Crippen LogP contribution in [-0.4, -0.2) is 36.2 Å². The number of hydrogen-bond acceptors (Lipinski definition) is 3. The molecule has 1 N–H and O–H groups in total. The van der Waals surface area contributed by atoms with E-state index in [4.69, 9.17) is 0 Å². The van der Waals surface area contributed by atoms with Crippen LogP contribution in [0.25, 0.3) is 0 Å². The van der Waals surface area contributed by atoms with E-state index in [1.54, 1.807) is 0 Å². The molecule has 0 spiro atoms. The molecule has 29 heavy (non-hydrogen) atoms. The maximum atomic E-state index is 13.3. The molecule has 0 saturated carbocycles. The summed E-state index contributed by atoms with van der Waals surface area (Å²) in [5.41, 5.74) is 0.666. The normalized spacial score (nSPS) is 30.6. The molecule has 0 radical (unpaired) electrons. The number of rotatable bonds is 3. The first-order chi connectivity index (χ1) is 14.0. The van der Waals surface area contributed by atoms with E-state index in [-0.39, 0.29) is 17.7 Å². The number of ketones is 1. The summed E-state index contributed by atoms with van der Waals surface area (Å²) in [6, 6.07) is 9.77. The van der Waals surface area contributed by atoms with Gasteiger partial charge in [-0.15, -0.1) is 0 Å². The molecule has 3 aliphatic heterocycles. The number of halogens is 2. The summed E-state index contributed by atoms with van der Waals surface area (Å²) in [4.78, 5) is 41.9. The average molecular weight is 397 g/mol. The minimum absolute atomic E-state index is 0.0868. The highest BCUT2D eigenvalue weighted by Crippen LogP contribution is 2.40. The molecule has 3 saturated heterocycles. The smallest absolute Gasteiger partial charge is 0.244 e. The van der Waals surface area contributed by atoms with Crippen LogP contribution in [0.5, 0.6) is 0 Å². The van der Waals surface area contributed by atoms with E-state index in [2.05, 4.69) is 0 Å². The molecule has 0 aliphatic carbocycles. The van der Waals surface area contributed by atoms with Crippen LogP contribution < -0.4 is 9.80 Å². The highest BCUT2D eigenvalue weighted by molar-refractivity contribution is 6.24. The monoisotopic (exact) mass is 397 g/mol. The quantitative estimate of drug-likeness (QED) is 0.629. The van der Waals surface area contributed by atoms with Crippen LogP contribution in [0.2, 0.25) is 0 Å². The molecule has 3 fully saturated rings. The van der Waals surface area contributed by atoms with Crippen molar-refractivity contribution in [3.05, 3.63) is 65.7 Å². The van der Waals surface area contributed by atoms with Crippen LogP contribution in [0.15, 0.2) is 48.5 Å². The highest BCUT2D eigenvalue weighted by Gasteiger charge is 2.68. The van der Waals surface area contributed by atoms with Crippen LogP contribution in [0.4, 0.5) is 14.5 Å². The first-order valence-corrected chi connectivity index (χ1v) is 9.76. The van der Waals surface area contributed by atoms with Crippen LogP contribution in [-0.2, 0) is 9.59 Å². The number of fused-ring (bicyclic) bond motifs is 3. The Hall–Kier alpha value is -2.93. The number of hydrogen-bond donors (Lipinski definition) is 1. The maximum Gasteiger partial charge on any atom is 0.244 e. The SMILES string of the molecule is O=C(c1ccc(F)cc1)[C@H]1[C@@H]2C(=O)N(c3ccc(F)cc3)C(=O)[C@@H]2[C@H]2CCC[NH+]21. The number of anilines is 1. The van der Waals surface area contributed by atoms with E-state index in [0.717, 1.165) is 29.2 Å². The van der Waals surface area contributed by atoms with E-state index < -0.39 is 35.4 Å². The molecule has 5 nitrogen and oxygen atoms in total. The average Bonchev–Trinajstić information content (AvgIpc) is 3.35. The van der Waals surface area contributed by atoms with Gasteiger partial charge < -0.3 is 4.90 Å². The van der Waals surface area contributed by atoms with Gasteiger partial charge in [0.15, 0.2) is 6.04 Å². The summed E-state index contributed by atoms with van der Waals surface area (Å²) in [5.74, 6) is -3.15. The lowest BCUT2D eigenvalue weighted by molar-refractivity contribution is -0.915. The van der Waals surface area contributed by atoms with Crippen molar-refractivity contribution >= 4 is 23.3 Å². The van der Waals surface area contributed by atoms with Crippen LogP contribution in [0.1, 0.15) is 23.2 Å². The highest BCUT2D eigenvalue weighted by atomic mass is 19.1. The van der Waals surface area contributed by atoms with Crippen molar-refractivity contribution < 1.29 is 28.1 Å². The zero-order valence-corrected chi connectivity index (χ0v) is 15.5. The first kappa shape index (κ1) is 18.1. The molecule has 0 bridgehead atoms. The molecule has 7 heteroatoms. The van der Waals surface area contributed by atoms with Gasteiger partial charge >= 0.3 is 0 Å². The van der Waals surface area contributed by atoms with Crippen molar-refractivity contribution in [2.75, 3.05) is 11.4 Å². The van der Waals surface area contributed by atoms with Gasteiger partial charge in [0.1, 0.15) is 29.5 Å². The number of nitrogens with zero attached hydrogens (tertiary/aromatic N) is 1. The van der Waals surface area contributed by atoms with E-state index in [9.17, 15) is 23.2 Å². The molecule has 2 aromatic carbocycles. The number of nitrogens with one attached hydrogen (secondary N) is 1. The van der Waals surface area contributed by atoms with Gasteiger partial charge in [-0.25, -0.2) is 13.7 Å². The molecule has 2 amide bonds. The summed E-state index contributed by atoms with van der Waals surface area (Å²) in [5, 5.41) is 0. The van der Waals surface area contributed by atoms with Crippen molar-refractivity contribution in [1.82, 2.24) is 0 Å². The lowest BCUT2D eigenvalue weighted by Gasteiger charge is -2.25. The molecular formula is C22H19F2N2O3+. The molecule has 3 aliphatic rings. The largest absolute Gasteiger partial charge is 0.322 e. The van der Waals surface area contributed by atoms with Gasteiger partial charge in [-0.2, -0.15) is 0 Å². The Bertz CT molecular complexity index is 1010. The molecule has 2 aromatic rings. The number of Topliss-reactive ketones (excluding diaryl/α,β-unsaturated/α-hetero) is 1. The summed E-state index contributed by atoms with van der Waals surface area (Å²) in [6.07, 6.45) is 1.66. The predicted octanol–water partition coefficient (Wildman–Crippen LogP) is 1.38. The van der Waals surface area contributed by atoms with Crippen LogP contribution in [0, 0.1) is 23.5 Å². The third-order valence-electron chi connectivity index (χ3n) is 6.54. The molecule has 1 unspecified atom stereocenters. The minimum atomic E-state index is -0.745. The Labute approximate surface area is 165 Å². The van der Waals surface area contributed by atoms with Gasteiger partial charge in [0.25, 0.3) is 0 Å². The summed E-state index contributed by atoms with van der Waals surface area (Å²) in [6.45, 7) is 0.729. The maximum absolute atomic E-state index is 13.3. The topological polar surface area (TPSA) is 58.9 Å². The van der Waals surface area contributed by atoms with Gasteiger partial charge in [0.05, 0.1) is 12.2 Å². The van der Waals surface area contributed by atoms with Gasteiger partial charge in [-0.3, -0.25) is 14.4 Å². The third-order valence-corrected chi connectivity index (χ3v) is 6.54. The fourth-order valence-corrected chi connectivity index (χ4v) is 5.38. The molecule has 5 rings (SSSR count). The van der Waals surface area contributed by atoms with Crippen molar-refractivity contribution in [3.8, 4) is 0 Å². The zero-order valence-electron chi connectivity index (χ0n) is 15.5. The fourth-order valence-electron chi connectivity index (χ4n) is 5.38. The van der Waals surface area contributed by atoms with Gasteiger partial charge in [-0.1, -0.05) is 0 Å². The molecule has 148 valence electrons. The number of carbonyl (C=O) groups is 3. The number of carbonyl (C=O) groups excluding carboxylic acids is 3. The van der Waals surface area contributed by atoms with Crippen molar-refractivity contribution in [3.63, 3.8) is 0 Å². The van der Waals surface area contributed by atoms with Crippen molar-refractivity contribution in [2.24, 2.45) is 11.8 Å². The molecular weight excluding hydrogens is 378 g/mol. The number of quaternary nitrogens is 1. The van der Waals surface area contributed by atoms with Crippen LogP contribution in [0.3, 0.4) is 0 Å². The lowest BCUT2D eigenvalue weighted by atomic mass is 9.85. The first-order valence-electron chi connectivity index (χ1n) is 9.76. The number of imide groups is 1. The minimum Gasteiger partial charge on any atom is -0.322 e. The Kier molecular flexibility index (Phi) is 4.10. The number of amides is 2. The molecule has 5 atom stereocenters. The van der Waals surface area contributed by atoms with Gasteiger partial charge in [0.2, 0.25) is 17.6 Å². The second kappa shape index (κ2) is 6.56. The standard InChI is InChI=1S/C22H18F2N2O3/c23-13-5-3-12(4-6-13)20(27)19-18-17(16-2-1-11-25(16)19)21(28)26(22(18)29)15-9-7-14(24)8-10-15/h3-10,16-19H,1-2,11H2/p+1/t16-,17-,18-,19-/m1/s1. The fraction of sp³-hybridized carbons (Fsp3) is 0.318. The van der Waals surface area contributed by atoms with Crippen molar-refractivity contribution in [1.29, 1.82) is 0 Å². The summed E-state index contributed by atoms with van der Waals surface area (Å²) in [7, 11) is 0. The number of benzene rings is 2. The Morgan fingerprint density at radius 2 is 1.48 bits per heavy atom. The molecule has 3 heterocycles. The Morgan fingerprint density at radius 3 is 2.14 bits per heavy atom. The predicted molar refractivity (Wildman–Crippen MR) is 99.2 cm³/mol. The summed E-state index contributed by atoms with van der Waals surface area (Å²) >= 11 is 0. The van der Waals surface area contributed by atoms with Crippen LogP contribution >= 0.6 is 0 Å². The Balaban J connectivity index is 1.54.